The number of hydrogen-bond acceptors (Lipinski definition) is 3. The zero-order valence-electron chi connectivity index (χ0n) is 12.3. The molecule has 1 aromatic heterocycles. The smallest absolute Gasteiger partial charge is 0.191 e. The fourth-order valence-electron chi connectivity index (χ4n) is 2.89. The van der Waals surface area contributed by atoms with E-state index in [4.69, 9.17) is 5.73 Å². The lowest BCUT2D eigenvalue weighted by molar-refractivity contribution is 0.453. The third kappa shape index (κ3) is 4.51. The van der Waals surface area contributed by atoms with E-state index in [0.717, 1.165) is 30.3 Å². The van der Waals surface area contributed by atoms with Crippen LogP contribution in [0.15, 0.2) is 17.3 Å². The van der Waals surface area contributed by atoms with Gasteiger partial charge in [0.25, 0.3) is 0 Å². The van der Waals surface area contributed by atoms with Gasteiger partial charge in [-0.25, -0.2) is 4.99 Å². The second-order valence-electron chi connectivity index (χ2n) is 5.50. The van der Waals surface area contributed by atoms with Crippen molar-refractivity contribution >= 4 is 41.7 Å². The molecule has 2 aliphatic rings. The van der Waals surface area contributed by atoms with E-state index in [9.17, 15) is 0 Å². The molecule has 0 amide bonds. The van der Waals surface area contributed by atoms with E-state index in [1.54, 1.807) is 0 Å². The van der Waals surface area contributed by atoms with Crippen LogP contribution in [-0.4, -0.2) is 45.2 Å². The van der Waals surface area contributed by atoms with Gasteiger partial charge >= 0.3 is 0 Å². The van der Waals surface area contributed by atoms with Crippen LogP contribution in [0.3, 0.4) is 0 Å². The van der Waals surface area contributed by atoms with Gasteiger partial charge < -0.3 is 10.6 Å². The Morgan fingerprint density at radius 3 is 2.76 bits per heavy atom. The molecule has 1 aliphatic carbocycles. The number of aromatic nitrogens is 2. The Hall–Kier alpha value is -0.440. The van der Waals surface area contributed by atoms with Crippen LogP contribution in [-0.2, 0) is 6.54 Å². The summed E-state index contributed by atoms with van der Waals surface area (Å²) < 4.78 is 2.12. The quantitative estimate of drug-likeness (QED) is 0.463. The fraction of sp³-hybridized carbons (Fsp3) is 0.714. The molecule has 1 saturated heterocycles. The van der Waals surface area contributed by atoms with Gasteiger partial charge in [0.05, 0.1) is 18.3 Å². The molecule has 1 saturated carbocycles. The first-order valence-corrected chi connectivity index (χ1v) is 8.65. The summed E-state index contributed by atoms with van der Waals surface area (Å²) in [5.74, 6) is 2.96. The van der Waals surface area contributed by atoms with Crippen molar-refractivity contribution in [2.24, 2.45) is 10.7 Å². The molecule has 21 heavy (non-hydrogen) atoms. The molecule has 2 fully saturated rings. The number of hydrogen-bond donors (Lipinski definition) is 1. The van der Waals surface area contributed by atoms with Crippen molar-refractivity contribution in [3.05, 3.63) is 18.0 Å². The molecule has 3 rings (SSSR count). The van der Waals surface area contributed by atoms with E-state index in [-0.39, 0.29) is 24.0 Å². The molecule has 1 aromatic rings. The Morgan fingerprint density at radius 1 is 1.33 bits per heavy atom. The maximum Gasteiger partial charge on any atom is 0.191 e. The minimum Gasteiger partial charge on any atom is -0.370 e. The number of nitrogens with two attached hydrogens (primary N) is 1. The second-order valence-corrected chi connectivity index (χ2v) is 6.72. The van der Waals surface area contributed by atoms with Gasteiger partial charge in [0.15, 0.2) is 5.96 Å². The molecule has 1 aliphatic heterocycles. The van der Waals surface area contributed by atoms with Crippen LogP contribution < -0.4 is 5.73 Å². The van der Waals surface area contributed by atoms with Crippen molar-refractivity contribution in [3.8, 4) is 0 Å². The minimum absolute atomic E-state index is 0. The lowest BCUT2D eigenvalue weighted by Gasteiger charge is -2.27. The predicted octanol–water partition coefficient (Wildman–Crippen LogP) is 2.48. The third-order valence-electron chi connectivity index (χ3n) is 4.10. The zero-order chi connectivity index (χ0) is 13.8. The van der Waals surface area contributed by atoms with Gasteiger partial charge in [-0.2, -0.15) is 16.9 Å². The molecule has 5 nitrogen and oxygen atoms in total. The number of aliphatic imine (C=N–C) groups is 1. The van der Waals surface area contributed by atoms with Gasteiger partial charge in [0.1, 0.15) is 0 Å². The summed E-state index contributed by atoms with van der Waals surface area (Å²) in [6.45, 7) is 2.61. The maximum absolute atomic E-state index is 6.06. The standard InChI is InChI=1S/C14H23N5S.HI/c15-14(18-7-9-20-10-8-18)16-11-12-5-6-19(17-12)13-3-1-2-4-13;/h5-6,13H,1-4,7-11H2,(H2,15,16);1H. The molecule has 118 valence electrons. The largest absolute Gasteiger partial charge is 0.370 e. The predicted molar refractivity (Wildman–Crippen MR) is 99.4 cm³/mol. The molecule has 0 aromatic carbocycles. The van der Waals surface area contributed by atoms with E-state index >= 15 is 0 Å². The molecule has 2 heterocycles. The minimum atomic E-state index is 0. The highest BCUT2D eigenvalue weighted by Crippen LogP contribution is 2.28. The van der Waals surface area contributed by atoms with Crippen LogP contribution in [0.5, 0.6) is 0 Å². The Balaban J connectivity index is 0.00000161. The Morgan fingerprint density at radius 2 is 2.05 bits per heavy atom. The summed E-state index contributed by atoms with van der Waals surface area (Å²) in [4.78, 5) is 6.66. The maximum atomic E-state index is 6.06. The summed E-state index contributed by atoms with van der Waals surface area (Å²) in [5, 5.41) is 4.64. The van der Waals surface area contributed by atoms with E-state index in [2.05, 4.69) is 31.9 Å². The summed E-state index contributed by atoms with van der Waals surface area (Å²) >= 11 is 1.98. The first kappa shape index (κ1) is 16.9. The van der Waals surface area contributed by atoms with Gasteiger partial charge in [-0.3, -0.25) is 4.68 Å². The lowest BCUT2D eigenvalue weighted by atomic mass is 10.3. The molecule has 0 bridgehead atoms. The van der Waals surface area contributed by atoms with Crippen molar-refractivity contribution in [2.45, 2.75) is 38.3 Å². The van der Waals surface area contributed by atoms with Crippen molar-refractivity contribution in [1.29, 1.82) is 0 Å². The van der Waals surface area contributed by atoms with E-state index in [1.807, 2.05) is 11.8 Å². The topological polar surface area (TPSA) is 59.4 Å². The Labute approximate surface area is 147 Å². The number of rotatable bonds is 3. The fourth-order valence-corrected chi connectivity index (χ4v) is 3.79. The van der Waals surface area contributed by atoms with E-state index in [1.165, 1.54) is 25.7 Å². The molecular formula is C14H24IN5S. The average molecular weight is 421 g/mol. The van der Waals surface area contributed by atoms with Gasteiger partial charge in [-0.15, -0.1) is 24.0 Å². The summed E-state index contributed by atoms with van der Waals surface area (Å²) in [6, 6.07) is 2.67. The number of thioether (sulfide) groups is 1. The van der Waals surface area contributed by atoms with Gasteiger partial charge in [-0.1, -0.05) is 12.8 Å². The number of halogens is 1. The van der Waals surface area contributed by atoms with Crippen LogP contribution >= 0.6 is 35.7 Å². The zero-order valence-corrected chi connectivity index (χ0v) is 15.4. The first-order chi connectivity index (χ1) is 9.83. The van der Waals surface area contributed by atoms with Crippen LogP contribution in [0.2, 0.25) is 0 Å². The molecule has 0 spiro atoms. The average Bonchev–Trinajstić information content (AvgIpc) is 3.16. The molecule has 0 radical (unpaired) electrons. The summed E-state index contributed by atoms with van der Waals surface area (Å²) in [5.41, 5.74) is 7.08. The van der Waals surface area contributed by atoms with Gasteiger partial charge in [0.2, 0.25) is 0 Å². The molecule has 0 unspecified atom stereocenters. The van der Waals surface area contributed by atoms with Crippen LogP contribution in [0.1, 0.15) is 37.4 Å². The molecular weight excluding hydrogens is 397 g/mol. The van der Waals surface area contributed by atoms with E-state index in [0.29, 0.717) is 18.5 Å². The van der Waals surface area contributed by atoms with Crippen molar-refractivity contribution in [1.82, 2.24) is 14.7 Å². The lowest BCUT2D eigenvalue weighted by Crippen LogP contribution is -2.42. The molecule has 7 heteroatoms. The Bertz CT molecular complexity index is 464. The highest BCUT2D eigenvalue weighted by Gasteiger charge is 2.17. The summed E-state index contributed by atoms with van der Waals surface area (Å²) in [7, 11) is 0. The van der Waals surface area contributed by atoms with Crippen LogP contribution in [0.25, 0.3) is 0 Å². The van der Waals surface area contributed by atoms with Gasteiger partial charge in [-0.05, 0) is 18.9 Å². The Kier molecular flexibility index (Phi) is 6.66. The van der Waals surface area contributed by atoms with Crippen LogP contribution in [0.4, 0.5) is 0 Å². The van der Waals surface area contributed by atoms with Crippen LogP contribution in [0, 0.1) is 0 Å². The third-order valence-corrected chi connectivity index (χ3v) is 5.04. The normalized spacial score (nSPS) is 20.6. The first-order valence-electron chi connectivity index (χ1n) is 7.49. The number of nitrogens with zero attached hydrogens (tertiary/aromatic N) is 4. The second kappa shape index (κ2) is 8.26. The monoisotopic (exact) mass is 421 g/mol. The van der Waals surface area contributed by atoms with Gasteiger partial charge in [0, 0.05) is 30.8 Å². The summed E-state index contributed by atoms with van der Waals surface area (Å²) in [6.07, 6.45) is 7.28. The highest BCUT2D eigenvalue weighted by atomic mass is 127. The SMILES string of the molecule is I.NC(=NCc1ccn(C2CCCC2)n1)N1CCSCC1. The highest BCUT2D eigenvalue weighted by molar-refractivity contribution is 14.0. The van der Waals surface area contributed by atoms with Crippen molar-refractivity contribution < 1.29 is 0 Å². The number of guanidine groups is 1. The van der Waals surface area contributed by atoms with Crippen molar-refractivity contribution in [2.75, 3.05) is 24.6 Å². The molecule has 2 N–H and O–H groups in total. The van der Waals surface area contributed by atoms with Crippen molar-refractivity contribution in [3.63, 3.8) is 0 Å². The van der Waals surface area contributed by atoms with E-state index < -0.39 is 0 Å². The molecule has 0 atom stereocenters.